The number of hydrogen-bond donors (Lipinski definition) is 1. The van der Waals surface area contributed by atoms with E-state index in [1.165, 1.54) is 32.1 Å². The maximum Gasteiger partial charge on any atom is 0.158 e. The van der Waals surface area contributed by atoms with Gasteiger partial charge in [0.05, 0.1) is 0 Å². The first-order valence-electron chi connectivity index (χ1n) is 8.20. The highest BCUT2D eigenvalue weighted by atomic mass is 16.7. The van der Waals surface area contributed by atoms with Crippen LogP contribution < -0.4 is 5.32 Å². The van der Waals surface area contributed by atoms with Crippen LogP contribution in [-0.2, 0) is 9.47 Å². The molecule has 3 nitrogen and oxygen atoms in total. The van der Waals surface area contributed by atoms with Gasteiger partial charge in [-0.25, -0.2) is 0 Å². The van der Waals surface area contributed by atoms with Gasteiger partial charge in [0.2, 0.25) is 0 Å². The highest BCUT2D eigenvalue weighted by Gasteiger charge is 2.18. The predicted octanol–water partition coefficient (Wildman–Crippen LogP) is 3.58. The molecule has 3 heteroatoms. The molecular formula is C16H33NO2. The highest BCUT2D eigenvalue weighted by molar-refractivity contribution is 4.71. The van der Waals surface area contributed by atoms with Crippen LogP contribution in [0.2, 0.25) is 0 Å². The van der Waals surface area contributed by atoms with Crippen LogP contribution in [0.4, 0.5) is 0 Å². The van der Waals surface area contributed by atoms with Crippen molar-refractivity contribution in [3.05, 3.63) is 0 Å². The largest absolute Gasteiger partial charge is 0.353 e. The molecule has 0 spiro atoms. The van der Waals surface area contributed by atoms with Gasteiger partial charge in [0.15, 0.2) is 6.29 Å². The first-order valence-corrected chi connectivity index (χ1v) is 8.20. The third kappa shape index (κ3) is 7.91. The topological polar surface area (TPSA) is 30.5 Å². The standard InChI is InChI=1S/C16H33NO2/c1-4-18-16(19-5-2)10-12-17-11-9-15-8-6-7-14(3)13-15/h14-17H,4-13H2,1-3H3. The summed E-state index contributed by atoms with van der Waals surface area (Å²) in [5.74, 6) is 1.89. The third-order valence-electron chi connectivity index (χ3n) is 4.04. The van der Waals surface area contributed by atoms with E-state index < -0.39 is 0 Å². The number of ether oxygens (including phenoxy) is 2. The van der Waals surface area contributed by atoms with Gasteiger partial charge in [0.25, 0.3) is 0 Å². The fraction of sp³-hybridized carbons (Fsp3) is 1.00. The summed E-state index contributed by atoms with van der Waals surface area (Å²) in [7, 11) is 0. The smallest absolute Gasteiger partial charge is 0.158 e. The van der Waals surface area contributed by atoms with Gasteiger partial charge in [-0.05, 0) is 51.6 Å². The van der Waals surface area contributed by atoms with Gasteiger partial charge in [-0.3, -0.25) is 0 Å². The molecule has 0 radical (unpaired) electrons. The Morgan fingerprint density at radius 2 is 1.84 bits per heavy atom. The lowest BCUT2D eigenvalue weighted by Crippen LogP contribution is -2.27. The molecule has 1 saturated carbocycles. The van der Waals surface area contributed by atoms with E-state index in [1.54, 1.807) is 0 Å². The van der Waals surface area contributed by atoms with E-state index >= 15 is 0 Å². The van der Waals surface area contributed by atoms with E-state index in [0.717, 1.165) is 44.6 Å². The zero-order valence-electron chi connectivity index (χ0n) is 13.1. The fourth-order valence-electron chi connectivity index (χ4n) is 3.06. The average Bonchev–Trinajstić information content (AvgIpc) is 2.39. The number of hydrogen-bond acceptors (Lipinski definition) is 3. The van der Waals surface area contributed by atoms with Gasteiger partial charge in [-0.1, -0.05) is 26.2 Å². The Morgan fingerprint density at radius 3 is 2.47 bits per heavy atom. The van der Waals surface area contributed by atoms with Gasteiger partial charge < -0.3 is 14.8 Å². The molecule has 0 bridgehead atoms. The summed E-state index contributed by atoms with van der Waals surface area (Å²) in [6.45, 7) is 10.0. The molecule has 1 fully saturated rings. The van der Waals surface area contributed by atoms with Crippen molar-refractivity contribution in [1.29, 1.82) is 0 Å². The van der Waals surface area contributed by atoms with Crippen molar-refractivity contribution in [2.45, 2.75) is 65.6 Å². The third-order valence-corrected chi connectivity index (χ3v) is 4.04. The number of nitrogens with one attached hydrogen (secondary N) is 1. The van der Waals surface area contributed by atoms with Crippen molar-refractivity contribution in [3.63, 3.8) is 0 Å². The second-order valence-corrected chi connectivity index (χ2v) is 5.81. The van der Waals surface area contributed by atoms with Gasteiger partial charge in [-0.2, -0.15) is 0 Å². The average molecular weight is 271 g/mol. The van der Waals surface area contributed by atoms with E-state index in [9.17, 15) is 0 Å². The van der Waals surface area contributed by atoms with Gasteiger partial charge in [0.1, 0.15) is 0 Å². The summed E-state index contributed by atoms with van der Waals surface area (Å²) < 4.78 is 11.1. The van der Waals surface area contributed by atoms with Gasteiger partial charge >= 0.3 is 0 Å². The first kappa shape index (κ1) is 16.9. The van der Waals surface area contributed by atoms with E-state index in [2.05, 4.69) is 12.2 Å². The van der Waals surface area contributed by atoms with Crippen LogP contribution in [0.5, 0.6) is 0 Å². The summed E-state index contributed by atoms with van der Waals surface area (Å²) in [5, 5.41) is 3.53. The van der Waals surface area contributed by atoms with Crippen LogP contribution in [0.25, 0.3) is 0 Å². The molecular weight excluding hydrogens is 238 g/mol. The normalized spacial score (nSPS) is 24.0. The Hall–Kier alpha value is -0.120. The van der Waals surface area contributed by atoms with Crippen molar-refractivity contribution in [1.82, 2.24) is 5.32 Å². The van der Waals surface area contributed by atoms with Crippen molar-refractivity contribution >= 4 is 0 Å². The van der Waals surface area contributed by atoms with Crippen molar-refractivity contribution in [2.24, 2.45) is 11.8 Å². The molecule has 0 heterocycles. The highest BCUT2D eigenvalue weighted by Crippen LogP contribution is 2.30. The SMILES string of the molecule is CCOC(CCNCCC1CCCC(C)C1)OCC. The van der Waals surface area contributed by atoms with E-state index in [-0.39, 0.29) is 6.29 Å². The van der Waals surface area contributed by atoms with E-state index in [1.807, 2.05) is 13.8 Å². The molecule has 1 N–H and O–H groups in total. The van der Waals surface area contributed by atoms with E-state index in [4.69, 9.17) is 9.47 Å². The molecule has 2 unspecified atom stereocenters. The summed E-state index contributed by atoms with van der Waals surface area (Å²) in [5.41, 5.74) is 0. The van der Waals surface area contributed by atoms with Crippen LogP contribution in [0, 0.1) is 11.8 Å². The van der Waals surface area contributed by atoms with Crippen LogP contribution >= 0.6 is 0 Å². The Labute approximate surface area is 119 Å². The van der Waals surface area contributed by atoms with E-state index in [0.29, 0.717) is 0 Å². The lowest BCUT2D eigenvalue weighted by molar-refractivity contribution is -0.138. The van der Waals surface area contributed by atoms with Crippen molar-refractivity contribution in [2.75, 3.05) is 26.3 Å². The van der Waals surface area contributed by atoms with Crippen molar-refractivity contribution in [3.8, 4) is 0 Å². The quantitative estimate of drug-likeness (QED) is 0.486. The molecule has 0 saturated heterocycles. The van der Waals surface area contributed by atoms with Gasteiger partial charge in [0, 0.05) is 19.6 Å². The van der Waals surface area contributed by atoms with Gasteiger partial charge in [-0.15, -0.1) is 0 Å². The monoisotopic (exact) mass is 271 g/mol. The zero-order chi connectivity index (χ0) is 13.9. The molecule has 0 aliphatic heterocycles. The Morgan fingerprint density at radius 1 is 1.11 bits per heavy atom. The molecule has 2 atom stereocenters. The summed E-state index contributed by atoms with van der Waals surface area (Å²) in [6.07, 6.45) is 7.99. The molecule has 1 rings (SSSR count). The molecule has 1 aliphatic rings. The molecule has 0 aromatic rings. The minimum absolute atomic E-state index is 0.0304. The Kier molecular flexibility index (Phi) is 9.48. The minimum Gasteiger partial charge on any atom is -0.353 e. The molecule has 0 aromatic heterocycles. The lowest BCUT2D eigenvalue weighted by Gasteiger charge is -2.26. The second kappa shape index (κ2) is 10.6. The molecule has 114 valence electrons. The molecule has 1 aliphatic carbocycles. The zero-order valence-corrected chi connectivity index (χ0v) is 13.1. The lowest BCUT2D eigenvalue weighted by atomic mass is 9.81. The van der Waals surface area contributed by atoms with Crippen LogP contribution in [0.3, 0.4) is 0 Å². The molecule has 0 aromatic carbocycles. The Balaban J connectivity index is 2.00. The first-order chi connectivity index (χ1) is 9.26. The van der Waals surface area contributed by atoms with Crippen molar-refractivity contribution < 1.29 is 9.47 Å². The van der Waals surface area contributed by atoms with Crippen LogP contribution in [0.1, 0.15) is 59.3 Å². The molecule has 0 amide bonds. The second-order valence-electron chi connectivity index (χ2n) is 5.81. The summed E-state index contributed by atoms with van der Waals surface area (Å²) in [6, 6.07) is 0. The summed E-state index contributed by atoms with van der Waals surface area (Å²) in [4.78, 5) is 0. The predicted molar refractivity (Wildman–Crippen MR) is 80.3 cm³/mol. The maximum absolute atomic E-state index is 5.53. The van der Waals surface area contributed by atoms with Crippen LogP contribution in [-0.4, -0.2) is 32.6 Å². The van der Waals surface area contributed by atoms with Crippen LogP contribution in [0.15, 0.2) is 0 Å². The number of rotatable bonds is 10. The fourth-order valence-corrected chi connectivity index (χ4v) is 3.06. The minimum atomic E-state index is -0.0304. The maximum atomic E-state index is 5.53. The molecule has 19 heavy (non-hydrogen) atoms. The Bertz CT molecular complexity index is 198. The summed E-state index contributed by atoms with van der Waals surface area (Å²) >= 11 is 0.